The predicted octanol–water partition coefficient (Wildman–Crippen LogP) is 1.79. The number of amides is 1. The summed E-state index contributed by atoms with van der Waals surface area (Å²) in [7, 11) is -3.61. The Morgan fingerprint density at radius 3 is 2.16 bits per heavy atom. The van der Waals surface area contributed by atoms with Gasteiger partial charge in [0.05, 0.1) is 13.7 Å². The van der Waals surface area contributed by atoms with E-state index < -0.39 is 45.9 Å². The van der Waals surface area contributed by atoms with Crippen LogP contribution < -0.4 is 4.72 Å². The molecular formula is C20H30N2O8S. The Hall–Kier alpha value is -2.66. The zero-order valence-corrected chi connectivity index (χ0v) is 19.4. The molecular weight excluding hydrogens is 428 g/mol. The second kappa shape index (κ2) is 11.1. The highest BCUT2D eigenvalue weighted by molar-refractivity contribution is 7.87. The van der Waals surface area contributed by atoms with Crippen LogP contribution in [0.3, 0.4) is 0 Å². The molecule has 1 N–H and O–H groups in total. The minimum absolute atomic E-state index is 0.0163. The number of nitrogens with zero attached hydrogens (tertiary/aromatic N) is 1. The van der Waals surface area contributed by atoms with Crippen molar-refractivity contribution in [3.8, 4) is 0 Å². The molecule has 0 saturated heterocycles. The molecule has 0 heterocycles. The molecule has 0 aliphatic rings. The summed E-state index contributed by atoms with van der Waals surface area (Å²) >= 11 is 0. The SMILES string of the molecule is CCOC(=O)[C@@H](C)N(C(=O)OC(C)(C)C)S(=O)(=O)N[C@@H](Cc1ccccc1)C(=O)OC. The second-order valence-corrected chi connectivity index (χ2v) is 9.17. The number of hydrogen-bond acceptors (Lipinski definition) is 8. The summed E-state index contributed by atoms with van der Waals surface area (Å²) in [6.07, 6.45) is -1.33. The Kier molecular flexibility index (Phi) is 9.44. The Balaban J connectivity index is 3.30. The number of nitrogens with one attached hydrogen (secondary N) is 1. The Morgan fingerprint density at radius 1 is 1.10 bits per heavy atom. The highest BCUT2D eigenvalue weighted by Crippen LogP contribution is 2.17. The molecule has 0 fully saturated rings. The molecule has 0 aliphatic carbocycles. The molecule has 0 spiro atoms. The van der Waals surface area contributed by atoms with Crippen LogP contribution in [0.4, 0.5) is 4.79 Å². The third-order valence-electron chi connectivity index (χ3n) is 3.87. The lowest BCUT2D eigenvalue weighted by molar-refractivity contribution is -0.147. The van der Waals surface area contributed by atoms with E-state index in [4.69, 9.17) is 14.2 Å². The molecule has 0 bridgehead atoms. The summed E-state index contributed by atoms with van der Waals surface area (Å²) in [5.74, 6) is -1.81. The van der Waals surface area contributed by atoms with Crippen molar-refractivity contribution >= 4 is 28.2 Å². The maximum Gasteiger partial charge on any atom is 0.425 e. The fourth-order valence-electron chi connectivity index (χ4n) is 2.53. The maximum absolute atomic E-state index is 13.1. The average Bonchev–Trinajstić information content (AvgIpc) is 2.66. The topological polar surface area (TPSA) is 128 Å². The van der Waals surface area contributed by atoms with Gasteiger partial charge < -0.3 is 14.2 Å². The minimum atomic E-state index is -4.72. The summed E-state index contributed by atoms with van der Waals surface area (Å²) < 4.78 is 43.4. The summed E-state index contributed by atoms with van der Waals surface area (Å²) in [6, 6.07) is 5.75. The van der Waals surface area contributed by atoms with E-state index in [-0.39, 0.29) is 17.3 Å². The summed E-state index contributed by atoms with van der Waals surface area (Å²) in [4.78, 5) is 37.2. The first kappa shape index (κ1) is 26.4. The van der Waals surface area contributed by atoms with Crippen LogP contribution in [0.15, 0.2) is 30.3 Å². The van der Waals surface area contributed by atoms with Crippen LogP contribution in [0.25, 0.3) is 0 Å². The molecule has 31 heavy (non-hydrogen) atoms. The fraction of sp³-hybridized carbons (Fsp3) is 0.550. The number of rotatable bonds is 9. The molecule has 1 aromatic carbocycles. The lowest BCUT2D eigenvalue weighted by Crippen LogP contribution is -2.56. The third-order valence-corrected chi connectivity index (χ3v) is 5.44. The summed E-state index contributed by atoms with van der Waals surface area (Å²) in [5, 5.41) is 0. The molecule has 1 rings (SSSR count). The van der Waals surface area contributed by atoms with Gasteiger partial charge in [-0.1, -0.05) is 30.3 Å². The lowest BCUT2D eigenvalue weighted by Gasteiger charge is -2.31. The Labute approximate surface area is 183 Å². The molecule has 174 valence electrons. The normalized spacial score (nSPS) is 13.6. The molecule has 0 radical (unpaired) electrons. The van der Waals surface area contributed by atoms with Crippen molar-refractivity contribution in [2.24, 2.45) is 0 Å². The van der Waals surface area contributed by atoms with Crippen LogP contribution in [0.5, 0.6) is 0 Å². The molecule has 11 heteroatoms. The predicted molar refractivity (Wildman–Crippen MR) is 112 cm³/mol. The number of ether oxygens (including phenoxy) is 3. The van der Waals surface area contributed by atoms with Crippen LogP contribution in [0.1, 0.15) is 40.2 Å². The van der Waals surface area contributed by atoms with E-state index in [0.717, 1.165) is 7.11 Å². The molecule has 0 aromatic heterocycles. The first-order valence-corrected chi connectivity index (χ1v) is 11.1. The number of methoxy groups -OCH3 is 1. The van der Waals surface area contributed by atoms with E-state index in [1.165, 1.54) is 6.92 Å². The Morgan fingerprint density at radius 2 is 1.68 bits per heavy atom. The van der Waals surface area contributed by atoms with Crippen molar-refractivity contribution in [3.05, 3.63) is 35.9 Å². The van der Waals surface area contributed by atoms with E-state index in [1.54, 1.807) is 58.0 Å². The molecule has 2 atom stereocenters. The monoisotopic (exact) mass is 458 g/mol. The number of hydrogen-bond donors (Lipinski definition) is 1. The number of benzene rings is 1. The molecule has 0 unspecified atom stereocenters. The first-order valence-electron chi connectivity index (χ1n) is 9.65. The molecule has 10 nitrogen and oxygen atoms in total. The van der Waals surface area contributed by atoms with Crippen molar-refractivity contribution in [1.82, 2.24) is 9.03 Å². The van der Waals surface area contributed by atoms with Gasteiger partial charge in [-0.25, -0.2) is 9.59 Å². The van der Waals surface area contributed by atoms with Crippen LogP contribution in [0.2, 0.25) is 0 Å². The molecule has 0 aliphatic heterocycles. The second-order valence-electron chi connectivity index (χ2n) is 7.59. The largest absolute Gasteiger partial charge is 0.468 e. The number of carbonyl (C=O) groups is 3. The van der Waals surface area contributed by atoms with Crippen molar-refractivity contribution in [3.63, 3.8) is 0 Å². The standard InChI is InChI=1S/C20H30N2O8S/c1-7-29-17(23)14(2)22(19(25)30-20(3,4)5)31(26,27)21-16(18(24)28-6)13-15-11-9-8-10-12-15/h8-12,14,16,21H,7,13H2,1-6H3/t14-,16+/m1/s1. The lowest BCUT2D eigenvalue weighted by atomic mass is 10.1. The van der Waals surface area contributed by atoms with E-state index in [1.807, 2.05) is 0 Å². The van der Waals surface area contributed by atoms with Gasteiger partial charge in [0, 0.05) is 0 Å². The average molecular weight is 459 g/mol. The summed E-state index contributed by atoms with van der Waals surface area (Å²) in [5.41, 5.74) is -0.381. The van der Waals surface area contributed by atoms with Gasteiger partial charge >= 0.3 is 28.2 Å². The van der Waals surface area contributed by atoms with Gasteiger partial charge in [-0.3, -0.25) is 4.79 Å². The van der Waals surface area contributed by atoms with Gasteiger partial charge in [0.15, 0.2) is 0 Å². The minimum Gasteiger partial charge on any atom is -0.468 e. The first-order chi connectivity index (χ1) is 14.3. The van der Waals surface area contributed by atoms with Gasteiger partial charge in [0.1, 0.15) is 17.7 Å². The van der Waals surface area contributed by atoms with E-state index >= 15 is 0 Å². The smallest absolute Gasteiger partial charge is 0.425 e. The van der Waals surface area contributed by atoms with Crippen LogP contribution >= 0.6 is 0 Å². The van der Waals surface area contributed by atoms with Crippen molar-refractivity contribution in [1.29, 1.82) is 0 Å². The zero-order valence-electron chi connectivity index (χ0n) is 18.6. The molecule has 0 saturated carbocycles. The van der Waals surface area contributed by atoms with Crippen molar-refractivity contribution in [2.45, 2.75) is 58.7 Å². The van der Waals surface area contributed by atoms with Gasteiger partial charge in [0.25, 0.3) is 0 Å². The third kappa shape index (κ3) is 8.18. The molecule has 1 amide bonds. The van der Waals surface area contributed by atoms with Gasteiger partial charge in [0.2, 0.25) is 0 Å². The van der Waals surface area contributed by atoms with Crippen LogP contribution in [-0.2, 0) is 40.4 Å². The fourth-order valence-corrected chi connectivity index (χ4v) is 3.92. The van der Waals surface area contributed by atoms with Crippen LogP contribution in [0, 0.1) is 0 Å². The van der Waals surface area contributed by atoms with E-state index in [2.05, 4.69) is 4.72 Å². The van der Waals surface area contributed by atoms with Gasteiger partial charge in [-0.2, -0.15) is 17.4 Å². The van der Waals surface area contributed by atoms with Crippen molar-refractivity contribution in [2.75, 3.05) is 13.7 Å². The summed E-state index contributed by atoms with van der Waals surface area (Å²) in [6.45, 7) is 7.35. The van der Waals surface area contributed by atoms with Crippen LogP contribution in [-0.4, -0.2) is 62.2 Å². The quantitative estimate of drug-likeness (QED) is 0.438. The maximum atomic E-state index is 13.1. The van der Waals surface area contributed by atoms with Crippen molar-refractivity contribution < 1.29 is 37.0 Å². The zero-order chi connectivity index (χ0) is 23.8. The number of carbonyl (C=O) groups excluding carboxylic acids is 3. The number of esters is 2. The highest BCUT2D eigenvalue weighted by atomic mass is 32.2. The van der Waals surface area contributed by atoms with Gasteiger partial charge in [-0.05, 0) is 46.6 Å². The Bertz CT molecular complexity index is 865. The van der Waals surface area contributed by atoms with E-state index in [0.29, 0.717) is 5.56 Å². The molecule has 1 aromatic rings. The van der Waals surface area contributed by atoms with Gasteiger partial charge in [-0.15, -0.1) is 0 Å². The van der Waals surface area contributed by atoms with E-state index in [9.17, 15) is 22.8 Å². The highest BCUT2D eigenvalue weighted by Gasteiger charge is 2.41.